The first-order valence-corrected chi connectivity index (χ1v) is 5.01. The molecule has 2 heteroatoms. The Morgan fingerprint density at radius 3 is 2.57 bits per heavy atom. The van der Waals surface area contributed by atoms with Gasteiger partial charge >= 0.3 is 0 Å². The van der Waals surface area contributed by atoms with E-state index in [0.717, 1.165) is 11.5 Å². The average Bonchev–Trinajstić information content (AvgIpc) is 2.65. The van der Waals surface area contributed by atoms with Crippen molar-refractivity contribution in [3.8, 4) is 11.5 Å². The van der Waals surface area contributed by atoms with Gasteiger partial charge in [0.1, 0.15) is 0 Å². The van der Waals surface area contributed by atoms with Gasteiger partial charge in [0.2, 0.25) is 0 Å². The number of rotatable bonds is 2. The number of hydrogen-bond donors (Lipinski definition) is 0. The molecule has 1 aliphatic rings. The van der Waals surface area contributed by atoms with Gasteiger partial charge in [0.25, 0.3) is 0 Å². The fourth-order valence-electron chi connectivity index (χ4n) is 2.31. The van der Waals surface area contributed by atoms with Crippen LogP contribution in [0.4, 0.5) is 0 Å². The lowest BCUT2D eigenvalue weighted by atomic mass is 10.0. The molecule has 0 bridgehead atoms. The van der Waals surface area contributed by atoms with E-state index < -0.39 is 0 Å². The molecule has 0 fully saturated rings. The van der Waals surface area contributed by atoms with Crippen molar-refractivity contribution in [1.82, 2.24) is 0 Å². The van der Waals surface area contributed by atoms with Gasteiger partial charge in [-0.25, -0.2) is 0 Å². The van der Waals surface area contributed by atoms with Crippen molar-refractivity contribution in [2.24, 2.45) is 0 Å². The zero-order valence-electron chi connectivity index (χ0n) is 9.02. The van der Waals surface area contributed by atoms with Crippen LogP contribution in [0.15, 0.2) is 6.07 Å². The van der Waals surface area contributed by atoms with E-state index in [1.165, 1.54) is 36.0 Å². The highest BCUT2D eigenvalue weighted by Gasteiger charge is 2.19. The van der Waals surface area contributed by atoms with Crippen LogP contribution in [0.2, 0.25) is 0 Å². The highest BCUT2D eigenvalue weighted by Crippen LogP contribution is 2.38. The van der Waals surface area contributed by atoms with E-state index in [1.807, 2.05) is 0 Å². The molecule has 0 spiro atoms. The summed E-state index contributed by atoms with van der Waals surface area (Å²) in [5.74, 6) is 1.76. The first-order valence-electron chi connectivity index (χ1n) is 5.01. The summed E-state index contributed by atoms with van der Waals surface area (Å²) in [5.41, 5.74) is 4.14. The monoisotopic (exact) mass is 192 g/mol. The van der Waals surface area contributed by atoms with Crippen LogP contribution in [0.1, 0.15) is 23.1 Å². The zero-order valence-corrected chi connectivity index (χ0v) is 9.02. The molecule has 0 radical (unpaired) electrons. The normalized spacial score (nSPS) is 13.9. The van der Waals surface area contributed by atoms with Gasteiger partial charge < -0.3 is 9.47 Å². The summed E-state index contributed by atoms with van der Waals surface area (Å²) in [5, 5.41) is 0. The van der Waals surface area contributed by atoms with Gasteiger partial charge in [0.15, 0.2) is 11.5 Å². The summed E-state index contributed by atoms with van der Waals surface area (Å²) in [4.78, 5) is 0. The van der Waals surface area contributed by atoms with Gasteiger partial charge in [-0.15, -0.1) is 0 Å². The third kappa shape index (κ3) is 1.26. The molecule has 0 heterocycles. The second kappa shape index (κ2) is 3.52. The molecule has 14 heavy (non-hydrogen) atoms. The largest absolute Gasteiger partial charge is 0.493 e. The Hall–Kier alpha value is -1.18. The minimum absolute atomic E-state index is 0.866. The van der Waals surface area contributed by atoms with E-state index in [-0.39, 0.29) is 0 Å². The fraction of sp³-hybridized carbons (Fsp3) is 0.500. The van der Waals surface area contributed by atoms with Crippen molar-refractivity contribution in [2.45, 2.75) is 26.2 Å². The predicted octanol–water partition coefficient (Wildman–Crippen LogP) is 2.50. The van der Waals surface area contributed by atoms with E-state index in [4.69, 9.17) is 9.47 Å². The second-order valence-corrected chi connectivity index (χ2v) is 3.73. The lowest BCUT2D eigenvalue weighted by molar-refractivity contribution is 0.352. The third-order valence-electron chi connectivity index (χ3n) is 3.01. The Kier molecular flexibility index (Phi) is 2.36. The first-order chi connectivity index (χ1) is 6.77. The van der Waals surface area contributed by atoms with E-state index in [0.29, 0.717) is 0 Å². The summed E-state index contributed by atoms with van der Waals surface area (Å²) in [6, 6.07) is 2.12. The maximum atomic E-state index is 5.37. The minimum Gasteiger partial charge on any atom is -0.493 e. The summed E-state index contributed by atoms with van der Waals surface area (Å²) >= 11 is 0. The molecule has 0 aliphatic heterocycles. The standard InChI is InChI=1S/C12H16O2/c1-8-10-6-4-5-9(10)7-11(13-2)12(8)14-3/h7H,4-6H2,1-3H3. The molecule has 0 amide bonds. The van der Waals surface area contributed by atoms with E-state index in [2.05, 4.69) is 13.0 Å². The Balaban J connectivity index is 2.60. The Labute approximate surface area is 84.8 Å². The van der Waals surface area contributed by atoms with Gasteiger partial charge in [0.05, 0.1) is 14.2 Å². The lowest BCUT2D eigenvalue weighted by Crippen LogP contribution is -1.97. The van der Waals surface area contributed by atoms with Crippen molar-refractivity contribution in [1.29, 1.82) is 0 Å². The second-order valence-electron chi connectivity index (χ2n) is 3.73. The summed E-state index contributed by atoms with van der Waals surface area (Å²) in [7, 11) is 3.39. The van der Waals surface area contributed by atoms with Crippen LogP contribution < -0.4 is 9.47 Å². The Bertz CT molecular complexity index is 356. The molecule has 0 unspecified atom stereocenters. The molecule has 2 nitrogen and oxygen atoms in total. The Morgan fingerprint density at radius 1 is 1.14 bits per heavy atom. The highest BCUT2D eigenvalue weighted by atomic mass is 16.5. The number of benzene rings is 1. The highest BCUT2D eigenvalue weighted by molar-refractivity contribution is 5.55. The molecular weight excluding hydrogens is 176 g/mol. The number of hydrogen-bond acceptors (Lipinski definition) is 2. The molecule has 0 aromatic heterocycles. The lowest BCUT2D eigenvalue weighted by Gasteiger charge is -2.14. The number of methoxy groups -OCH3 is 2. The minimum atomic E-state index is 0.866. The topological polar surface area (TPSA) is 18.5 Å². The van der Waals surface area contributed by atoms with Crippen LogP contribution in [0.5, 0.6) is 11.5 Å². The maximum absolute atomic E-state index is 5.37. The molecule has 0 saturated carbocycles. The molecule has 0 N–H and O–H groups in total. The molecule has 1 aromatic rings. The van der Waals surface area contributed by atoms with Crippen molar-refractivity contribution < 1.29 is 9.47 Å². The van der Waals surface area contributed by atoms with E-state index in [1.54, 1.807) is 14.2 Å². The first kappa shape index (κ1) is 9.38. The number of ether oxygens (including phenoxy) is 2. The Morgan fingerprint density at radius 2 is 1.93 bits per heavy atom. The molecular formula is C12H16O2. The third-order valence-corrected chi connectivity index (χ3v) is 3.01. The van der Waals surface area contributed by atoms with Crippen LogP contribution in [0.25, 0.3) is 0 Å². The fourth-order valence-corrected chi connectivity index (χ4v) is 2.31. The van der Waals surface area contributed by atoms with E-state index in [9.17, 15) is 0 Å². The number of fused-ring (bicyclic) bond motifs is 1. The number of aryl methyl sites for hydroxylation is 1. The van der Waals surface area contributed by atoms with Crippen LogP contribution in [-0.4, -0.2) is 14.2 Å². The van der Waals surface area contributed by atoms with Crippen molar-refractivity contribution >= 4 is 0 Å². The van der Waals surface area contributed by atoms with Gasteiger partial charge in [-0.1, -0.05) is 0 Å². The van der Waals surface area contributed by atoms with Crippen molar-refractivity contribution in [3.05, 3.63) is 22.8 Å². The zero-order chi connectivity index (χ0) is 10.1. The summed E-state index contributed by atoms with van der Waals surface area (Å²) in [6.07, 6.45) is 3.62. The van der Waals surface area contributed by atoms with Crippen LogP contribution in [0, 0.1) is 6.92 Å². The van der Waals surface area contributed by atoms with E-state index >= 15 is 0 Å². The van der Waals surface area contributed by atoms with Crippen molar-refractivity contribution in [2.75, 3.05) is 14.2 Å². The smallest absolute Gasteiger partial charge is 0.163 e. The van der Waals surface area contributed by atoms with Gasteiger partial charge in [-0.2, -0.15) is 0 Å². The molecule has 0 atom stereocenters. The van der Waals surface area contributed by atoms with Gasteiger partial charge in [0, 0.05) is 0 Å². The van der Waals surface area contributed by atoms with Crippen LogP contribution in [-0.2, 0) is 12.8 Å². The average molecular weight is 192 g/mol. The molecule has 1 aliphatic carbocycles. The molecule has 1 aromatic carbocycles. The van der Waals surface area contributed by atoms with Crippen molar-refractivity contribution in [3.63, 3.8) is 0 Å². The maximum Gasteiger partial charge on any atom is 0.163 e. The summed E-state index contributed by atoms with van der Waals surface area (Å²) in [6.45, 7) is 2.12. The molecule has 76 valence electrons. The summed E-state index contributed by atoms with van der Waals surface area (Å²) < 4.78 is 10.7. The van der Waals surface area contributed by atoms with Gasteiger partial charge in [-0.3, -0.25) is 0 Å². The van der Waals surface area contributed by atoms with Crippen LogP contribution >= 0.6 is 0 Å². The predicted molar refractivity (Wildman–Crippen MR) is 56.3 cm³/mol. The molecule has 2 rings (SSSR count). The molecule has 0 saturated heterocycles. The quantitative estimate of drug-likeness (QED) is 0.716. The SMILES string of the molecule is COc1cc2c(c(C)c1OC)CCC2. The van der Waals surface area contributed by atoms with Crippen LogP contribution in [0.3, 0.4) is 0 Å². The van der Waals surface area contributed by atoms with Gasteiger partial charge in [-0.05, 0) is 48.9 Å².